The Morgan fingerprint density at radius 3 is 2.83 bits per heavy atom. The Bertz CT molecular complexity index is 407. The van der Waals surface area contributed by atoms with Crippen LogP contribution in [-0.4, -0.2) is 42.7 Å². The van der Waals surface area contributed by atoms with Gasteiger partial charge in [-0.05, 0) is 27.0 Å². The molecule has 0 aliphatic heterocycles. The molecule has 0 aliphatic rings. The molecule has 0 saturated heterocycles. The van der Waals surface area contributed by atoms with E-state index in [9.17, 15) is 4.79 Å². The summed E-state index contributed by atoms with van der Waals surface area (Å²) in [4.78, 5) is 19.1. The first-order valence-corrected chi connectivity index (χ1v) is 8.08. The Morgan fingerprint density at radius 1 is 1.61 bits per heavy atom. The summed E-state index contributed by atoms with van der Waals surface area (Å²) in [6.07, 6.45) is 2.08. The number of aromatic nitrogens is 1. The largest absolute Gasteiger partial charge is 0.461 e. The van der Waals surface area contributed by atoms with Gasteiger partial charge in [0.05, 0.1) is 6.61 Å². The smallest absolute Gasteiger partial charge is 0.358 e. The molecule has 6 heteroatoms. The molecular weight excluding hydrogens is 268 g/mol. The molecule has 0 N–H and O–H groups in total. The summed E-state index contributed by atoms with van der Waals surface area (Å²) >= 11 is 3.34. The summed E-state index contributed by atoms with van der Waals surface area (Å²) in [5.74, 6) is 0.701. The van der Waals surface area contributed by atoms with Gasteiger partial charge in [-0.3, -0.25) is 0 Å². The molecule has 4 nitrogen and oxygen atoms in total. The Hall–Kier alpha value is -0.750. The average Bonchev–Trinajstić information content (AvgIpc) is 2.71. The lowest BCUT2D eigenvalue weighted by atomic mass is 10.3. The third-order valence-corrected chi connectivity index (χ3v) is 4.50. The van der Waals surface area contributed by atoms with Gasteiger partial charge in [0.1, 0.15) is 0 Å². The van der Waals surface area contributed by atoms with Crippen molar-refractivity contribution in [2.75, 3.05) is 30.6 Å². The molecular formula is C12H20N2O2S2. The normalized spacial score (nSPS) is 12.3. The molecule has 0 saturated carbocycles. The number of anilines is 1. The van der Waals surface area contributed by atoms with Crippen LogP contribution in [0.15, 0.2) is 0 Å². The number of thioether (sulfide) groups is 1. The Kier molecular flexibility index (Phi) is 5.95. The first kappa shape index (κ1) is 15.3. The van der Waals surface area contributed by atoms with Gasteiger partial charge in [0.2, 0.25) is 0 Å². The number of rotatable bonds is 6. The quantitative estimate of drug-likeness (QED) is 0.753. The van der Waals surface area contributed by atoms with Gasteiger partial charge >= 0.3 is 5.97 Å². The minimum absolute atomic E-state index is 0.330. The lowest BCUT2D eigenvalue weighted by molar-refractivity contribution is 0.0519. The van der Waals surface area contributed by atoms with Crippen LogP contribution in [0.1, 0.15) is 29.2 Å². The van der Waals surface area contributed by atoms with Crippen molar-refractivity contribution >= 4 is 34.2 Å². The Morgan fingerprint density at radius 2 is 2.28 bits per heavy atom. The number of aryl methyl sites for hydroxylation is 1. The highest BCUT2D eigenvalue weighted by molar-refractivity contribution is 7.98. The first-order chi connectivity index (χ1) is 8.51. The average molecular weight is 288 g/mol. The molecule has 1 unspecified atom stereocenters. The first-order valence-electron chi connectivity index (χ1n) is 5.87. The maximum Gasteiger partial charge on any atom is 0.358 e. The number of nitrogens with zero attached hydrogens (tertiary/aromatic N) is 2. The lowest BCUT2D eigenvalue weighted by Crippen LogP contribution is -2.30. The van der Waals surface area contributed by atoms with Crippen LogP contribution in [0.2, 0.25) is 0 Å². The number of hydrogen-bond donors (Lipinski definition) is 0. The van der Waals surface area contributed by atoms with E-state index in [2.05, 4.69) is 23.1 Å². The number of carbonyl (C=O) groups is 1. The zero-order valence-electron chi connectivity index (χ0n) is 11.5. The molecule has 0 fully saturated rings. The van der Waals surface area contributed by atoms with Crippen LogP contribution in [0.4, 0.5) is 5.13 Å². The highest BCUT2D eigenvalue weighted by Crippen LogP contribution is 2.27. The molecule has 18 heavy (non-hydrogen) atoms. The molecule has 0 amide bonds. The van der Waals surface area contributed by atoms with Crippen molar-refractivity contribution < 1.29 is 9.53 Å². The van der Waals surface area contributed by atoms with Gasteiger partial charge in [-0.2, -0.15) is 11.8 Å². The van der Waals surface area contributed by atoms with Crippen molar-refractivity contribution in [2.45, 2.75) is 26.8 Å². The van der Waals surface area contributed by atoms with Crippen LogP contribution in [0.25, 0.3) is 0 Å². The molecule has 0 spiro atoms. The fourth-order valence-electron chi connectivity index (χ4n) is 1.46. The number of esters is 1. The summed E-state index contributed by atoms with van der Waals surface area (Å²) in [7, 11) is 2.01. The van der Waals surface area contributed by atoms with Gasteiger partial charge < -0.3 is 9.64 Å². The van der Waals surface area contributed by atoms with Crippen LogP contribution >= 0.6 is 23.1 Å². The Labute approximate surface area is 117 Å². The van der Waals surface area contributed by atoms with E-state index in [-0.39, 0.29) is 5.97 Å². The maximum atomic E-state index is 11.7. The van der Waals surface area contributed by atoms with Gasteiger partial charge in [0, 0.05) is 23.7 Å². The third-order valence-electron chi connectivity index (χ3n) is 2.62. The van der Waals surface area contributed by atoms with E-state index in [0.717, 1.165) is 15.8 Å². The van der Waals surface area contributed by atoms with Crippen LogP contribution in [-0.2, 0) is 4.74 Å². The fourth-order valence-corrected chi connectivity index (χ4v) is 3.13. The third kappa shape index (κ3) is 3.62. The van der Waals surface area contributed by atoms with E-state index in [4.69, 9.17) is 4.74 Å². The van der Waals surface area contributed by atoms with Crippen LogP contribution in [0.3, 0.4) is 0 Å². The zero-order chi connectivity index (χ0) is 13.7. The van der Waals surface area contributed by atoms with E-state index in [1.54, 1.807) is 18.7 Å². The molecule has 102 valence electrons. The van der Waals surface area contributed by atoms with Crippen LogP contribution in [0.5, 0.6) is 0 Å². The predicted molar refractivity (Wildman–Crippen MR) is 79.1 cm³/mol. The van der Waals surface area contributed by atoms with Gasteiger partial charge in [-0.1, -0.05) is 0 Å². The molecule has 0 radical (unpaired) electrons. The van der Waals surface area contributed by atoms with E-state index >= 15 is 0 Å². The molecule has 1 rings (SSSR count). The maximum absolute atomic E-state index is 11.7. The summed E-state index contributed by atoms with van der Waals surface area (Å²) < 4.78 is 4.99. The minimum atomic E-state index is -0.330. The number of thiazole rings is 1. The summed E-state index contributed by atoms with van der Waals surface area (Å²) in [6, 6.07) is 0.389. The Balaban J connectivity index is 2.86. The minimum Gasteiger partial charge on any atom is -0.461 e. The molecule has 1 heterocycles. The molecule has 1 aromatic heterocycles. The molecule has 0 bridgehead atoms. The number of ether oxygens (including phenoxy) is 1. The fraction of sp³-hybridized carbons (Fsp3) is 0.667. The number of hydrogen-bond acceptors (Lipinski definition) is 6. The predicted octanol–water partition coefficient (Wildman–Crippen LogP) is 2.82. The van der Waals surface area contributed by atoms with Crippen molar-refractivity contribution in [3.05, 3.63) is 10.6 Å². The van der Waals surface area contributed by atoms with Gasteiger partial charge in [-0.25, -0.2) is 9.78 Å². The monoisotopic (exact) mass is 288 g/mol. The van der Waals surface area contributed by atoms with Crippen LogP contribution < -0.4 is 4.90 Å². The van der Waals surface area contributed by atoms with E-state index in [0.29, 0.717) is 18.3 Å². The lowest BCUT2D eigenvalue weighted by Gasteiger charge is -2.23. The van der Waals surface area contributed by atoms with Crippen molar-refractivity contribution in [3.63, 3.8) is 0 Å². The van der Waals surface area contributed by atoms with Crippen molar-refractivity contribution in [1.29, 1.82) is 0 Å². The molecule has 0 aromatic carbocycles. The second kappa shape index (κ2) is 6.99. The molecule has 1 atom stereocenters. The zero-order valence-corrected chi connectivity index (χ0v) is 13.2. The standard InChI is InChI=1S/C12H20N2O2S2/c1-6-16-11(15)10-9(3)18-12(13-10)14(4)8(2)7-17-5/h8H,6-7H2,1-5H3. The molecule has 0 aliphatic carbocycles. The summed E-state index contributed by atoms with van der Waals surface area (Å²) in [6.45, 7) is 6.23. The van der Waals surface area contributed by atoms with E-state index < -0.39 is 0 Å². The van der Waals surface area contributed by atoms with Gasteiger partial charge in [-0.15, -0.1) is 11.3 Å². The number of carbonyl (C=O) groups excluding carboxylic acids is 1. The second-order valence-electron chi connectivity index (χ2n) is 4.04. The summed E-state index contributed by atoms with van der Waals surface area (Å²) in [5.41, 5.74) is 0.444. The van der Waals surface area contributed by atoms with Gasteiger partial charge in [0.25, 0.3) is 0 Å². The van der Waals surface area contributed by atoms with Gasteiger partial charge in [0.15, 0.2) is 10.8 Å². The summed E-state index contributed by atoms with van der Waals surface area (Å²) in [5, 5.41) is 0.872. The van der Waals surface area contributed by atoms with Crippen molar-refractivity contribution in [3.8, 4) is 0 Å². The van der Waals surface area contributed by atoms with Crippen LogP contribution in [0, 0.1) is 6.92 Å². The highest BCUT2D eigenvalue weighted by atomic mass is 32.2. The molecule has 1 aromatic rings. The SMILES string of the molecule is CCOC(=O)c1nc(N(C)C(C)CSC)sc1C. The second-order valence-corrected chi connectivity index (χ2v) is 6.13. The van der Waals surface area contributed by atoms with E-state index in [1.807, 2.05) is 14.0 Å². The van der Waals surface area contributed by atoms with E-state index in [1.165, 1.54) is 11.3 Å². The van der Waals surface area contributed by atoms with Crippen molar-refractivity contribution in [1.82, 2.24) is 4.98 Å². The topological polar surface area (TPSA) is 42.4 Å². The van der Waals surface area contributed by atoms with Crippen molar-refractivity contribution in [2.24, 2.45) is 0 Å². The highest BCUT2D eigenvalue weighted by Gasteiger charge is 2.20.